The Morgan fingerprint density at radius 1 is 1.44 bits per heavy atom. The average molecular weight is 255 g/mol. The lowest BCUT2D eigenvalue weighted by Crippen LogP contribution is -2.18. The average Bonchev–Trinajstić information content (AvgIpc) is 2.72. The molecule has 0 saturated heterocycles. The number of aryl methyl sites for hydroxylation is 1. The number of rotatable bonds is 6. The van der Waals surface area contributed by atoms with Gasteiger partial charge >= 0.3 is 5.97 Å². The first-order chi connectivity index (χ1) is 8.60. The van der Waals surface area contributed by atoms with Crippen LogP contribution in [0.2, 0.25) is 0 Å². The molecule has 1 unspecified atom stereocenters. The molecule has 0 aliphatic heterocycles. The topological polar surface area (TPSA) is 79.4 Å². The van der Waals surface area contributed by atoms with Crippen molar-refractivity contribution in [1.29, 1.82) is 0 Å². The van der Waals surface area contributed by atoms with E-state index in [0.717, 1.165) is 12.2 Å². The number of imidazole rings is 1. The quantitative estimate of drug-likeness (QED) is 0.777. The largest absolute Gasteiger partial charge is 0.464 e. The number of esters is 1. The molecular weight excluding hydrogens is 234 g/mol. The number of ether oxygens (including phenoxy) is 2. The molecule has 2 N–H and O–H groups in total. The molecule has 6 heteroatoms. The summed E-state index contributed by atoms with van der Waals surface area (Å²) in [6.07, 6.45) is 1.55. The zero-order valence-corrected chi connectivity index (χ0v) is 11.4. The second kappa shape index (κ2) is 6.39. The molecule has 102 valence electrons. The summed E-state index contributed by atoms with van der Waals surface area (Å²) in [5.41, 5.74) is 6.19. The van der Waals surface area contributed by atoms with Crippen molar-refractivity contribution in [2.75, 3.05) is 26.6 Å². The van der Waals surface area contributed by atoms with Gasteiger partial charge in [-0.2, -0.15) is 0 Å². The molecule has 0 aliphatic carbocycles. The maximum atomic E-state index is 11.6. The summed E-state index contributed by atoms with van der Waals surface area (Å²) in [5, 5.41) is 0. The Hall–Kier alpha value is -1.56. The van der Waals surface area contributed by atoms with Crippen molar-refractivity contribution in [3.05, 3.63) is 11.5 Å². The van der Waals surface area contributed by atoms with E-state index in [2.05, 4.69) is 9.72 Å². The van der Waals surface area contributed by atoms with Gasteiger partial charge in [0.1, 0.15) is 11.6 Å². The van der Waals surface area contributed by atoms with E-state index in [4.69, 9.17) is 10.5 Å². The second-order valence-corrected chi connectivity index (χ2v) is 3.99. The molecule has 0 saturated carbocycles. The van der Waals surface area contributed by atoms with Gasteiger partial charge in [0, 0.05) is 13.5 Å². The lowest BCUT2D eigenvalue weighted by atomic mass is 10.2. The molecule has 0 aromatic carbocycles. The van der Waals surface area contributed by atoms with Crippen LogP contribution in [0.1, 0.15) is 42.6 Å². The van der Waals surface area contributed by atoms with Crippen molar-refractivity contribution in [2.24, 2.45) is 0 Å². The van der Waals surface area contributed by atoms with Gasteiger partial charge in [-0.15, -0.1) is 0 Å². The first kappa shape index (κ1) is 14.5. The van der Waals surface area contributed by atoms with Crippen molar-refractivity contribution >= 4 is 11.8 Å². The highest BCUT2D eigenvalue weighted by atomic mass is 16.5. The summed E-state index contributed by atoms with van der Waals surface area (Å²) in [6, 6.07) is 0.0795. The lowest BCUT2D eigenvalue weighted by Gasteiger charge is -2.19. The van der Waals surface area contributed by atoms with Gasteiger partial charge in [0.2, 0.25) is 0 Å². The third-order valence-electron chi connectivity index (χ3n) is 2.91. The van der Waals surface area contributed by atoms with Gasteiger partial charge in [-0.05, 0) is 6.42 Å². The number of hydrogen-bond acceptors (Lipinski definition) is 5. The predicted molar refractivity (Wildman–Crippen MR) is 68.6 cm³/mol. The highest BCUT2D eigenvalue weighted by Gasteiger charge is 2.24. The van der Waals surface area contributed by atoms with Crippen LogP contribution in [-0.4, -0.2) is 36.3 Å². The van der Waals surface area contributed by atoms with Crippen LogP contribution in [0.25, 0.3) is 0 Å². The molecule has 1 atom stereocenters. The number of anilines is 1. The zero-order chi connectivity index (χ0) is 13.7. The van der Waals surface area contributed by atoms with Crippen molar-refractivity contribution in [1.82, 2.24) is 9.55 Å². The fourth-order valence-corrected chi connectivity index (χ4v) is 1.96. The molecule has 1 aromatic heterocycles. The predicted octanol–water partition coefficient (Wildman–Crippen LogP) is 1.41. The van der Waals surface area contributed by atoms with Gasteiger partial charge in [-0.1, -0.05) is 13.8 Å². The molecule has 18 heavy (non-hydrogen) atoms. The smallest absolute Gasteiger partial charge is 0.360 e. The normalized spacial score (nSPS) is 12.4. The van der Waals surface area contributed by atoms with E-state index < -0.39 is 5.97 Å². The first-order valence-electron chi connectivity index (χ1n) is 6.04. The Labute approximate surface area is 107 Å². The van der Waals surface area contributed by atoms with Crippen LogP contribution in [0, 0.1) is 0 Å². The van der Waals surface area contributed by atoms with Crippen molar-refractivity contribution in [3.8, 4) is 0 Å². The van der Waals surface area contributed by atoms with Gasteiger partial charge in [-0.25, -0.2) is 9.78 Å². The Balaban J connectivity index is 3.24. The molecule has 1 aromatic rings. The summed E-state index contributed by atoms with van der Waals surface area (Å²) >= 11 is 0. The molecule has 0 bridgehead atoms. The number of hydrogen-bond donors (Lipinski definition) is 1. The van der Waals surface area contributed by atoms with E-state index in [1.165, 1.54) is 7.11 Å². The molecule has 0 spiro atoms. The number of methoxy groups -OCH3 is 2. The van der Waals surface area contributed by atoms with E-state index in [9.17, 15) is 4.79 Å². The minimum Gasteiger partial charge on any atom is -0.464 e. The Morgan fingerprint density at radius 3 is 2.56 bits per heavy atom. The van der Waals surface area contributed by atoms with Gasteiger partial charge < -0.3 is 19.8 Å². The van der Waals surface area contributed by atoms with E-state index in [1.807, 2.05) is 18.4 Å². The highest BCUT2D eigenvalue weighted by Crippen LogP contribution is 2.24. The van der Waals surface area contributed by atoms with Crippen LogP contribution in [0.15, 0.2) is 0 Å². The van der Waals surface area contributed by atoms with Gasteiger partial charge in [0.15, 0.2) is 5.69 Å². The lowest BCUT2D eigenvalue weighted by molar-refractivity contribution is 0.0595. The minimum absolute atomic E-state index is 0.0795. The molecule has 1 rings (SSSR count). The van der Waals surface area contributed by atoms with E-state index >= 15 is 0 Å². The van der Waals surface area contributed by atoms with E-state index in [1.54, 1.807) is 7.11 Å². The van der Waals surface area contributed by atoms with Crippen LogP contribution >= 0.6 is 0 Å². The summed E-state index contributed by atoms with van der Waals surface area (Å²) in [4.78, 5) is 15.8. The van der Waals surface area contributed by atoms with Gasteiger partial charge in [0.25, 0.3) is 0 Å². The van der Waals surface area contributed by atoms with Crippen LogP contribution in [-0.2, 0) is 15.9 Å². The second-order valence-electron chi connectivity index (χ2n) is 3.99. The number of nitrogen functional groups attached to an aromatic ring is 1. The SMILES string of the molecule is CCc1nc(C(=O)OC)c(N)n1C(CC)COC. The molecule has 0 radical (unpaired) electrons. The standard InChI is InChI=1S/C12H21N3O3/c1-5-8(7-17-3)15-9(6-2)14-10(11(15)13)12(16)18-4/h8H,5-7,13H2,1-4H3. The Bertz CT molecular complexity index is 415. The third-order valence-corrected chi connectivity index (χ3v) is 2.91. The molecule has 0 aliphatic rings. The fraction of sp³-hybridized carbons (Fsp3) is 0.667. The van der Waals surface area contributed by atoms with Crippen LogP contribution < -0.4 is 5.73 Å². The first-order valence-corrected chi connectivity index (χ1v) is 6.04. The highest BCUT2D eigenvalue weighted by molar-refractivity contribution is 5.92. The summed E-state index contributed by atoms with van der Waals surface area (Å²) in [6.45, 7) is 4.55. The van der Waals surface area contributed by atoms with Crippen LogP contribution in [0.5, 0.6) is 0 Å². The van der Waals surface area contributed by atoms with Crippen molar-refractivity contribution in [3.63, 3.8) is 0 Å². The summed E-state index contributed by atoms with van der Waals surface area (Å²) < 4.78 is 11.7. The Morgan fingerprint density at radius 2 is 2.11 bits per heavy atom. The van der Waals surface area contributed by atoms with Crippen LogP contribution in [0.4, 0.5) is 5.82 Å². The maximum Gasteiger partial charge on any atom is 0.360 e. The molecular formula is C12H21N3O3. The summed E-state index contributed by atoms with van der Waals surface area (Å²) in [7, 11) is 2.96. The van der Waals surface area contributed by atoms with E-state index in [-0.39, 0.29) is 11.7 Å². The number of carbonyl (C=O) groups excluding carboxylic acids is 1. The van der Waals surface area contributed by atoms with Gasteiger partial charge in [-0.3, -0.25) is 0 Å². The van der Waals surface area contributed by atoms with Gasteiger partial charge in [0.05, 0.1) is 19.8 Å². The number of aromatic nitrogens is 2. The maximum absolute atomic E-state index is 11.6. The molecule has 1 heterocycles. The molecule has 6 nitrogen and oxygen atoms in total. The molecule has 0 fully saturated rings. The number of carbonyl (C=O) groups is 1. The minimum atomic E-state index is -0.506. The Kier molecular flexibility index (Phi) is 5.15. The van der Waals surface area contributed by atoms with Crippen molar-refractivity contribution < 1.29 is 14.3 Å². The molecule has 0 amide bonds. The van der Waals surface area contributed by atoms with Crippen LogP contribution in [0.3, 0.4) is 0 Å². The van der Waals surface area contributed by atoms with E-state index in [0.29, 0.717) is 18.8 Å². The number of nitrogens with two attached hydrogens (primary N) is 1. The monoisotopic (exact) mass is 255 g/mol. The zero-order valence-electron chi connectivity index (χ0n) is 11.4. The van der Waals surface area contributed by atoms with Crippen molar-refractivity contribution in [2.45, 2.75) is 32.7 Å². The fourth-order valence-electron chi connectivity index (χ4n) is 1.96. The third kappa shape index (κ3) is 2.64. The summed E-state index contributed by atoms with van der Waals surface area (Å²) in [5.74, 6) is 0.618. The number of nitrogens with zero attached hydrogens (tertiary/aromatic N) is 2.